The van der Waals surface area contributed by atoms with Crippen LogP contribution in [0.15, 0.2) is 78.6 Å². The van der Waals surface area contributed by atoms with Crippen molar-refractivity contribution >= 4 is 28.8 Å². The fourth-order valence-electron chi connectivity index (χ4n) is 4.44. The van der Waals surface area contributed by atoms with E-state index in [1.54, 1.807) is 6.20 Å². The van der Waals surface area contributed by atoms with E-state index in [1.807, 2.05) is 61.5 Å². The van der Waals surface area contributed by atoms with Gasteiger partial charge in [0.05, 0.1) is 17.8 Å². The van der Waals surface area contributed by atoms with Crippen LogP contribution < -0.4 is 10.2 Å². The van der Waals surface area contributed by atoms with Gasteiger partial charge in [-0.25, -0.2) is 0 Å². The number of hydrogen-bond acceptors (Lipinski definition) is 6. The molecule has 0 radical (unpaired) electrons. The van der Waals surface area contributed by atoms with Crippen LogP contribution in [0, 0.1) is 6.92 Å². The van der Waals surface area contributed by atoms with E-state index in [1.165, 1.54) is 4.90 Å². The number of aromatic nitrogens is 1. The molecule has 7 heteroatoms. The van der Waals surface area contributed by atoms with Gasteiger partial charge < -0.3 is 15.1 Å². The van der Waals surface area contributed by atoms with Crippen LogP contribution in [-0.4, -0.2) is 59.8 Å². The lowest BCUT2D eigenvalue weighted by molar-refractivity contribution is -0.137. The Balaban J connectivity index is 1.43. The number of carbonyl (C=O) groups excluding carboxylic acids is 2. The van der Waals surface area contributed by atoms with Gasteiger partial charge in [0.15, 0.2) is 0 Å². The van der Waals surface area contributed by atoms with E-state index in [9.17, 15) is 9.59 Å². The summed E-state index contributed by atoms with van der Waals surface area (Å²) in [6.45, 7) is 6.17. The monoisotopic (exact) mass is 467 g/mol. The third-order valence-corrected chi connectivity index (χ3v) is 6.56. The van der Waals surface area contributed by atoms with Crippen molar-refractivity contribution in [3.8, 4) is 0 Å². The van der Waals surface area contributed by atoms with E-state index < -0.39 is 0 Å². The Morgan fingerprint density at radius 3 is 2.23 bits per heavy atom. The van der Waals surface area contributed by atoms with Crippen LogP contribution in [0.5, 0.6) is 0 Å². The predicted octanol–water partition coefficient (Wildman–Crippen LogP) is 3.53. The summed E-state index contributed by atoms with van der Waals surface area (Å²) in [5.74, 6) is -0.666. The van der Waals surface area contributed by atoms with Crippen molar-refractivity contribution in [3.05, 3.63) is 95.4 Å². The van der Waals surface area contributed by atoms with E-state index in [4.69, 9.17) is 0 Å². The van der Waals surface area contributed by atoms with E-state index in [0.717, 1.165) is 43.1 Å². The highest BCUT2D eigenvalue weighted by atomic mass is 16.2. The van der Waals surface area contributed by atoms with Crippen molar-refractivity contribution < 1.29 is 9.59 Å². The number of rotatable bonds is 6. The summed E-state index contributed by atoms with van der Waals surface area (Å²) in [5.41, 5.74) is 5.07. The number of carbonyl (C=O) groups is 2. The lowest BCUT2D eigenvalue weighted by atomic mass is 10.0. The van der Waals surface area contributed by atoms with Crippen molar-refractivity contribution in [3.63, 3.8) is 0 Å². The number of aryl methyl sites for hydroxylation is 1. The van der Waals surface area contributed by atoms with Crippen molar-refractivity contribution in [1.82, 2.24) is 14.8 Å². The molecule has 0 unspecified atom stereocenters. The maximum atomic E-state index is 13.5. The number of benzene rings is 2. The highest BCUT2D eigenvalue weighted by molar-refractivity contribution is 6.36. The van der Waals surface area contributed by atoms with Crippen LogP contribution in [0.25, 0.3) is 5.57 Å². The standard InChI is InChI=1S/C28H29N5O2/c1-20-6-8-21(9-7-20)25-26(28(35)33(27(25)34)19-23-5-3-4-14-29-23)30-22-10-12-24(13-11-22)32-17-15-31(2)16-18-32/h3-14,30H,15-19H2,1-2H3. The topological polar surface area (TPSA) is 68.8 Å². The van der Waals surface area contributed by atoms with Gasteiger partial charge in [-0.3, -0.25) is 19.5 Å². The second kappa shape index (κ2) is 9.72. The first kappa shape index (κ1) is 22.8. The van der Waals surface area contributed by atoms with Gasteiger partial charge in [0.2, 0.25) is 0 Å². The van der Waals surface area contributed by atoms with Gasteiger partial charge in [-0.15, -0.1) is 0 Å². The molecule has 2 aliphatic rings. The van der Waals surface area contributed by atoms with Crippen LogP contribution in [0.4, 0.5) is 11.4 Å². The number of imide groups is 1. The van der Waals surface area contributed by atoms with Crippen LogP contribution in [-0.2, 0) is 16.1 Å². The molecule has 1 N–H and O–H groups in total. The van der Waals surface area contributed by atoms with E-state index in [-0.39, 0.29) is 18.4 Å². The fraction of sp³-hybridized carbons (Fsp3) is 0.250. The number of hydrogen-bond donors (Lipinski definition) is 1. The Kier molecular flexibility index (Phi) is 6.33. The number of piperazine rings is 1. The molecule has 1 aromatic heterocycles. The van der Waals surface area contributed by atoms with Gasteiger partial charge >= 0.3 is 0 Å². The Hall–Kier alpha value is -3.97. The molecule has 3 heterocycles. The van der Waals surface area contributed by atoms with E-state index in [0.29, 0.717) is 22.5 Å². The summed E-state index contributed by atoms with van der Waals surface area (Å²) in [6, 6.07) is 21.2. The molecule has 5 rings (SSSR count). The van der Waals surface area contributed by atoms with Crippen molar-refractivity contribution in [2.24, 2.45) is 0 Å². The minimum atomic E-state index is -0.348. The number of likely N-dealkylation sites (N-methyl/N-ethyl adjacent to an activating group) is 1. The van der Waals surface area contributed by atoms with Gasteiger partial charge in [-0.05, 0) is 55.9 Å². The second-order valence-corrected chi connectivity index (χ2v) is 9.10. The second-order valence-electron chi connectivity index (χ2n) is 9.10. The molecule has 7 nitrogen and oxygen atoms in total. The summed E-state index contributed by atoms with van der Waals surface area (Å²) >= 11 is 0. The van der Waals surface area contributed by atoms with Crippen LogP contribution >= 0.6 is 0 Å². The molecule has 2 aromatic carbocycles. The quantitative estimate of drug-likeness (QED) is 0.560. The average Bonchev–Trinajstić information content (AvgIpc) is 3.10. The van der Waals surface area contributed by atoms with Gasteiger partial charge in [0.1, 0.15) is 5.70 Å². The molecule has 0 saturated carbocycles. The number of anilines is 2. The lowest BCUT2D eigenvalue weighted by Crippen LogP contribution is -2.44. The molecule has 0 aliphatic carbocycles. The Bertz CT molecular complexity index is 1240. The highest BCUT2D eigenvalue weighted by Crippen LogP contribution is 2.32. The number of nitrogens with one attached hydrogen (secondary N) is 1. The molecule has 2 aliphatic heterocycles. The molecule has 3 aromatic rings. The first-order valence-corrected chi connectivity index (χ1v) is 11.9. The predicted molar refractivity (Wildman–Crippen MR) is 138 cm³/mol. The summed E-state index contributed by atoms with van der Waals surface area (Å²) in [6.07, 6.45) is 1.66. The molecular formula is C28H29N5O2. The van der Waals surface area contributed by atoms with Crippen molar-refractivity contribution in [2.75, 3.05) is 43.4 Å². The summed E-state index contributed by atoms with van der Waals surface area (Å²) in [5, 5.41) is 3.26. The van der Waals surface area contributed by atoms with Crippen molar-refractivity contribution in [1.29, 1.82) is 0 Å². The number of amides is 2. The van der Waals surface area contributed by atoms with Gasteiger partial charge in [0, 0.05) is 43.8 Å². The number of pyridine rings is 1. The SMILES string of the molecule is Cc1ccc(C2=C(Nc3ccc(N4CCN(C)CC4)cc3)C(=O)N(Cc3ccccn3)C2=O)cc1. The smallest absolute Gasteiger partial charge is 0.278 e. The molecule has 1 saturated heterocycles. The minimum Gasteiger partial charge on any atom is -0.369 e. The molecule has 1 fully saturated rings. The van der Waals surface area contributed by atoms with Gasteiger partial charge in [0.25, 0.3) is 11.8 Å². The molecule has 0 atom stereocenters. The minimum absolute atomic E-state index is 0.126. The van der Waals surface area contributed by atoms with Gasteiger partial charge in [-0.2, -0.15) is 0 Å². The van der Waals surface area contributed by atoms with Crippen LogP contribution in [0.1, 0.15) is 16.8 Å². The fourth-order valence-corrected chi connectivity index (χ4v) is 4.44. The number of nitrogens with zero attached hydrogens (tertiary/aromatic N) is 4. The molecular weight excluding hydrogens is 438 g/mol. The first-order valence-electron chi connectivity index (χ1n) is 11.9. The highest BCUT2D eigenvalue weighted by Gasteiger charge is 2.39. The zero-order valence-corrected chi connectivity index (χ0v) is 20.1. The molecule has 178 valence electrons. The van der Waals surface area contributed by atoms with E-state index >= 15 is 0 Å². The molecule has 0 spiro atoms. The maximum Gasteiger partial charge on any atom is 0.278 e. The first-order chi connectivity index (χ1) is 17.0. The Morgan fingerprint density at radius 2 is 1.57 bits per heavy atom. The van der Waals surface area contributed by atoms with Crippen LogP contribution in [0.2, 0.25) is 0 Å². The van der Waals surface area contributed by atoms with Crippen molar-refractivity contribution in [2.45, 2.75) is 13.5 Å². The van der Waals surface area contributed by atoms with E-state index in [2.05, 4.69) is 39.3 Å². The Labute approximate surface area is 205 Å². The van der Waals surface area contributed by atoms with Crippen LogP contribution in [0.3, 0.4) is 0 Å². The summed E-state index contributed by atoms with van der Waals surface area (Å²) < 4.78 is 0. The largest absolute Gasteiger partial charge is 0.369 e. The lowest BCUT2D eigenvalue weighted by Gasteiger charge is -2.34. The third kappa shape index (κ3) is 4.81. The Morgan fingerprint density at radius 1 is 0.857 bits per heavy atom. The zero-order chi connectivity index (χ0) is 24.4. The third-order valence-electron chi connectivity index (χ3n) is 6.56. The summed E-state index contributed by atoms with van der Waals surface area (Å²) in [4.78, 5) is 37.2. The average molecular weight is 468 g/mol. The summed E-state index contributed by atoms with van der Waals surface area (Å²) in [7, 11) is 2.14. The normalized spacial score (nSPS) is 16.9. The molecule has 0 bridgehead atoms. The molecule has 35 heavy (non-hydrogen) atoms. The zero-order valence-electron chi connectivity index (χ0n) is 20.1. The molecule has 2 amide bonds. The van der Waals surface area contributed by atoms with Gasteiger partial charge in [-0.1, -0.05) is 35.9 Å². The maximum absolute atomic E-state index is 13.5.